The van der Waals surface area contributed by atoms with E-state index in [0.29, 0.717) is 5.69 Å². The van der Waals surface area contributed by atoms with Crippen molar-refractivity contribution in [1.82, 2.24) is 5.32 Å². The van der Waals surface area contributed by atoms with E-state index in [1.165, 1.54) is 12.1 Å². The molecular formula is C13H19FN2O2. The van der Waals surface area contributed by atoms with Crippen LogP contribution in [0.4, 0.5) is 10.1 Å². The van der Waals surface area contributed by atoms with E-state index in [2.05, 4.69) is 5.32 Å². The standard InChI is InChI=1S/C13H19FN2O2/c1-9(2)15-12(13(17)18)8-16(3)11-6-4-5-10(14)7-11/h4-7,9,12,15H,8H2,1-3H3,(H,17,18). The van der Waals surface area contributed by atoms with Gasteiger partial charge in [0.1, 0.15) is 11.9 Å². The van der Waals surface area contributed by atoms with E-state index in [9.17, 15) is 9.18 Å². The smallest absolute Gasteiger partial charge is 0.322 e. The third-order valence-corrected chi connectivity index (χ3v) is 2.54. The van der Waals surface area contributed by atoms with Gasteiger partial charge in [-0.2, -0.15) is 0 Å². The molecule has 1 unspecified atom stereocenters. The summed E-state index contributed by atoms with van der Waals surface area (Å²) in [5, 5.41) is 12.1. The number of likely N-dealkylation sites (N-methyl/N-ethyl adjacent to an activating group) is 1. The Balaban J connectivity index is 2.72. The lowest BCUT2D eigenvalue weighted by Gasteiger charge is -2.25. The summed E-state index contributed by atoms with van der Waals surface area (Å²) in [7, 11) is 1.74. The van der Waals surface area contributed by atoms with Crippen molar-refractivity contribution in [3.63, 3.8) is 0 Å². The highest BCUT2D eigenvalue weighted by Gasteiger charge is 2.20. The van der Waals surface area contributed by atoms with Crippen LogP contribution in [-0.2, 0) is 4.79 Å². The average Bonchev–Trinajstić information content (AvgIpc) is 2.27. The molecule has 4 nitrogen and oxygen atoms in total. The number of benzene rings is 1. The lowest BCUT2D eigenvalue weighted by Crippen LogP contribution is -2.47. The van der Waals surface area contributed by atoms with Gasteiger partial charge in [0.05, 0.1) is 0 Å². The van der Waals surface area contributed by atoms with Crippen molar-refractivity contribution in [1.29, 1.82) is 0 Å². The molecule has 1 rings (SSSR count). The van der Waals surface area contributed by atoms with Gasteiger partial charge in [0.15, 0.2) is 0 Å². The number of carboxylic acids is 1. The van der Waals surface area contributed by atoms with E-state index in [4.69, 9.17) is 5.11 Å². The molecule has 0 amide bonds. The quantitative estimate of drug-likeness (QED) is 0.811. The molecule has 0 aliphatic rings. The number of aliphatic carboxylic acids is 1. The lowest BCUT2D eigenvalue weighted by atomic mass is 10.2. The van der Waals surface area contributed by atoms with Crippen molar-refractivity contribution in [2.45, 2.75) is 25.9 Å². The molecular weight excluding hydrogens is 235 g/mol. The first-order valence-electron chi connectivity index (χ1n) is 5.85. The largest absolute Gasteiger partial charge is 0.480 e. The predicted molar refractivity (Wildman–Crippen MR) is 69.4 cm³/mol. The number of anilines is 1. The maximum Gasteiger partial charge on any atom is 0.322 e. The maximum atomic E-state index is 13.1. The fourth-order valence-electron chi connectivity index (χ4n) is 1.70. The third-order valence-electron chi connectivity index (χ3n) is 2.54. The van der Waals surface area contributed by atoms with Gasteiger partial charge in [-0.25, -0.2) is 4.39 Å². The summed E-state index contributed by atoms with van der Waals surface area (Å²) < 4.78 is 13.1. The van der Waals surface area contributed by atoms with Crippen LogP contribution >= 0.6 is 0 Å². The number of halogens is 1. The zero-order chi connectivity index (χ0) is 13.7. The van der Waals surface area contributed by atoms with Crippen LogP contribution in [0.25, 0.3) is 0 Å². The Morgan fingerprint density at radius 3 is 2.67 bits per heavy atom. The molecule has 1 aromatic carbocycles. The van der Waals surface area contributed by atoms with Crippen LogP contribution in [0.2, 0.25) is 0 Å². The number of carbonyl (C=O) groups is 1. The number of hydrogen-bond donors (Lipinski definition) is 2. The van der Waals surface area contributed by atoms with Gasteiger partial charge in [-0.05, 0) is 18.2 Å². The van der Waals surface area contributed by atoms with Crippen LogP contribution in [-0.4, -0.2) is 36.8 Å². The summed E-state index contributed by atoms with van der Waals surface area (Å²) in [6, 6.07) is 5.49. The molecule has 1 aromatic rings. The molecule has 2 N–H and O–H groups in total. The summed E-state index contributed by atoms with van der Waals surface area (Å²) in [5.41, 5.74) is 0.659. The normalized spacial score (nSPS) is 12.5. The minimum absolute atomic E-state index is 0.0759. The number of rotatable bonds is 6. The van der Waals surface area contributed by atoms with Crippen molar-refractivity contribution in [2.75, 3.05) is 18.5 Å². The van der Waals surface area contributed by atoms with Gasteiger partial charge in [0.2, 0.25) is 0 Å². The number of hydrogen-bond acceptors (Lipinski definition) is 3. The van der Waals surface area contributed by atoms with Gasteiger partial charge in [0, 0.05) is 25.3 Å². The zero-order valence-electron chi connectivity index (χ0n) is 10.9. The Labute approximate surface area is 106 Å². The molecule has 100 valence electrons. The van der Waals surface area contributed by atoms with Crippen molar-refractivity contribution in [3.8, 4) is 0 Å². The van der Waals surface area contributed by atoms with Crippen molar-refractivity contribution in [3.05, 3.63) is 30.1 Å². The Morgan fingerprint density at radius 1 is 1.50 bits per heavy atom. The van der Waals surface area contributed by atoms with Crippen molar-refractivity contribution in [2.24, 2.45) is 0 Å². The summed E-state index contributed by atoms with van der Waals surface area (Å²) >= 11 is 0. The fraction of sp³-hybridized carbons (Fsp3) is 0.462. The first-order chi connectivity index (χ1) is 8.40. The minimum atomic E-state index is -0.910. The maximum absolute atomic E-state index is 13.1. The van der Waals surface area contributed by atoms with Crippen molar-refractivity contribution >= 4 is 11.7 Å². The summed E-state index contributed by atoms with van der Waals surface area (Å²) in [6.07, 6.45) is 0. The van der Waals surface area contributed by atoms with Crippen molar-refractivity contribution < 1.29 is 14.3 Å². The van der Waals surface area contributed by atoms with E-state index < -0.39 is 12.0 Å². The SMILES string of the molecule is CC(C)NC(CN(C)c1cccc(F)c1)C(=O)O. The minimum Gasteiger partial charge on any atom is -0.480 e. The molecule has 0 saturated heterocycles. The highest BCUT2D eigenvalue weighted by Crippen LogP contribution is 2.14. The van der Waals surface area contributed by atoms with E-state index >= 15 is 0 Å². The second-order valence-electron chi connectivity index (χ2n) is 4.57. The highest BCUT2D eigenvalue weighted by atomic mass is 19.1. The van der Waals surface area contributed by atoms with Crippen LogP contribution in [0.15, 0.2) is 24.3 Å². The molecule has 1 atom stereocenters. The van der Waals surface area contributed by atoms with E-state index in [0.717, 1.165) is 0 Å². The van der Waals surface area contributed by atoms with E-state index in [-0.39, 0.29) is 18.4 Å². The lowest BCUT2D eigenvalue weighted by molar-refractivity contribution is -0.139. The molecule has 0 heterocycles. The Hall–Kier alpha value is -1.62. The molecule has 0 fully saturated rings. The van der Waals surface area contributed by atoms with Gasteiger partial charge in [-0.3, -0.25) is 4.79 Å². The zero-order valence-corrected chi connectivity index (χ0v) is 10.9. The third kappa shape index (κ3) is 4.33. The molecule has 0 aliphatic carbocycles. The summed E-state index contributed by atoms with van der Waals surface area (Å²) in [5.74, 6) is -1.24. The van der Waals surface area contributed by atoms with Crippen LogP contribution in [0.3, 0.4) is 0 Å². The number of nitrogens with one attached hydrogen (secondary N) is 1. The van der Waals surface area contributed by atoms with Crippen LogP contribution in [0.5, 0.6) is 0 Å². The molecule has 0 spiro atoms. The first kappa shape index (κ1) is 14.4. The Kier molecular flexibility index (Phi) is 5.09. The molecule has 0 bridgehead atoms. The molecule has 0 radical (unpaired) electrons. The van der Waals surface area contributed by atoms with Gasteiger partial charge in [-0.1, -0.05) is 19.9 Å². The molecule has 5 heteroatoms. The summed E-state index contributed by atoms with van der Waals surface area (Å²) in [6.45, 7) is 4.05. The van der Waals surface area contributed by atoms with Gasteiger partial charge in [0.25, 0.3) is 0 Å². The molecule has 18 heavy (non-hydrogen) atoms. The Bertz CT molecular complexity index is 410. The van der Waals surface area contributed by atoms with Gasteiger partial charge >= 0.3 is 5.97 Å². The van der Waals surface area contributed by atoms with Gasteiger partial charge < -0.3 is 15.3 Å². The monoisotopic (exact) mass is 254 g/mol. The fourth-order valence-corrected chi connectivity index (χ4v) is 1.70. The Morgan fingerprint density at radius 2 is 2.17 bits per heavy atom. The van der Waals surface area contributed by atoms with E-state index in [1.54, 1.807) is 24.1 Å². The summed E-state index contributed by atoms with van der Waals surface area (Å²) in [4.78, 5) is 12.8. The molecule has 0 aliphatic heterocycles. The predicted octanol–water partition coefficient (Wildman–Crippen LogP) is 1.71. The molecule has 0 saturated carbocycles. The topological polar surface area (TPSA) is 52.6 Å². The highest BCUT2D eigenvalue weighted by molar-refractivity contribution is 5.74. The van der Waals surface area contributed by atoms with Crippen LogP contribution < -0.4 is 10.2 Å². The molecule has 0 aromatic heterocycles. The van der Waals surface area contributed by atoms with Crippen LogP contribution in [0.1, 0.15) is 13.8 Å². The van der Waals surface area contributed by atoms with E-state index in [1.807, 2.05) is 13.8 Å². The number of nitrogens with zero attached hydrogens (tertiary/aromatic N) is 1. The second-order valence-corrected chi connectivity index (χ2v) is 4.57. The number of carboxylic acid groups (broad SMARTS) is 1. The average molecular weight is 254 g/mol. The first-order valence-corrected chi connectivity index (χ1v) is 5.85. The van der Waals surface area contributed by atoms with Gasteiger partial charge in [-0.15, -0.1) is 0 Å². The van der Waals surface area contributed by atoms with Crippen LogP contribution in [0, 0.1) is 5.82 Å². The second kappa shape index (κ2) is 6.35.